The molecule has 0 aliphatic rings. The van der Waals surface area contributed by atoms with E-state index >= 15 is 0 Å². The Morgan fingerprint density at radius 1 is 1.37 bits per heavy atom. The Hall–Kier alpha value is -2.61. The number of rotatable bonds is 3. The number of benzene rings is 1. The standard InChI is InChI=1S/C14H14N4O/c1-3-4-14(19)16-11(2)12-5-7-13(8-6-12)18-10-9-15-17-18/h5-11H,1-2H3,(H,16,19). The molecule has 1 aromatic heterocycles. The minimum atomic E-state index is -0.268. The van der Waals surface area contributed by atoms with Crippen molar-refractivity contribution in [2.24, 2.45) is 0 Å². The molecule has 0 radical (unpaired) electrons. The van der Waals surface area contributed by atoms with E-state index in [-0.39, 0.29) is 11.9 Å². The maximum atomic E-state index is 11.4. The molecule has 0 saturated carbocycles. The summed E-state index contributed by atoms with van der Waals surface area (Å²) in [6, 6.07) is 7.66. The van der Waals surface area contributed by atoms with Crippen LogP contribution in [0.4, 0.5) is 0 Å². The molecule has 1 aromatic carbocycles. The highest BCUT2D eigenvalue weighted by Gasteiger charge is 2.07. The molecule has 0 aliphatic heterocycles. The summed E-state index contributed by atoms with van der Waals surface area (Å²) in [5.41, 5.74) is 1.93. The number of carbonyl (C=O) groups excluding carboxylic acids is 1. The fraction of sp³-hybridized carbons (Fsp3) is 0.214. The summed E-state index contributed by atoms with van der Waals surface area (Å²) in [6.07, 6.45) is 3.40. The molecule has 0 aliphatic carbocycles. The Labute approximate surface area is 111 Å². The van der Waals surface area contributed by atoms with Crippen molar-refractivity contribution in [2.45, 2.75) is 19.9 Å². The second-order valence-electron chi connectivity index (χ2n) is 4.01. The monoisotopic (exact) mass is 254 g/mol. The first-order valence-electron chi connectivity index (χ1n) is 5.90. The molecule has 5 nitrogen and oxygen atoms in total. The lowest BCUT2D eigenvalue weighted by Gasteiger charge is -2.12. The third-order valence-electron chi connectivity index (χ3n) is 2.67. The van der Waals surface area contributed by atoms with Gasteiger partial charge in [0.15, 0.2) is 0 Å². The van der Waals surface area contributed by atoms with Crippen molar-refractivity contribution in [2.75, 3.05) is 0 Å². The van der Waals surface area contributed by atoms with Crippen LogP contribution in [-0.4, -0.2) is 20.9 Å². The summed E-state index contributed by atoms with van der Waals surface area (Å²) in [7, 11) is 0. The van der Waals surface area contributed by atoms with Gasteiger partial charge in [-0.15, -0.1) is 5.10 Å². The average Bonchev–Trinajstić information content (AvgIpc) is 2.93. The molecule has 1 atom stereocenters. The van der Waals surface area contributed by atoms with E-state index in [1.165, 1.54) is 0 Å². The van der Waals surface area contributed by atoms with E-state index in [0.29, 0.717) is 0 Å². The largest absolute Gasteiger partial charge is 0.339 e. The third-order valence-corrected chi connectivity index (χ3v) is 2.67. The average molecular weight is 254 g/mol. The molecule has 2 rings (SSSR count). The van der Waals surface area contributed by atoms with Gasteiger partial charge in [-0.25, -0.2) is 4.68 Å². The van der Waals surface area contributed by atoms with Gasteiger partial charge in [0.05, 0.1) is 24.1 Å². The molecule has 96 valence electrons. The molecule has 1 amide bonds. The first-order chi connectivity index (χ1) is 9.20. The van der Waals surface area contributed by atoms with Crippen LogP contribution < -0.4 is 5.32 Å². The quantitative estimate of drug-likeness (QED) is 0.844. The predicted octanol–water partition coefficient (Wildman–Crippen LogP) is 1.47. The minimum Gasteiger partial charge on any atom is -0.339 e. The van der Waals surface area contributed by atoms with Crippen molar-refractivity contribution < 1.29 is 4.79 Å². The number of aromatic nitrogens is 3. The smallest absolute Gasteiger partial charge is 0.296 e. The summed E-state index contributed by atoms with van der Waals surface area (Å²) >= 11 is 0. The maximum Gasteiger partial charge on any atom is 0.296 e. The molecule has 0 spiro atoms. The summed E-state index contributed by atoms with van der Waals surface area (Å²) in [5.74, 6) is 4.76. The van der Waals surface area contributed by atoms with E-state index in [1.807, 2.05) is 31.2 Å². The summed E-state index contributed by atoms with van der Waals surface area (Å²) < 4.78 is 1.68. The first kappa shape index (κ1) is 12.8. The van der Waals surface area contributed by atoms with E-state index < -0.39 is 0 Å². The third kappa shape index (κ3) is 3.19. The topological polar surface area (TPSA) is 59.8 Å². The Morgan fingerprint density at radius 2 is 2.11 bits per heavy atom. The first-order valence-corrected chi connectivity index (χ1v) is 5.90. The minimum absolute atomic E-state index is 0.0850. The van der Waals surface area contributed by atoms with Gasteiger partial charge in [0, 0.05) is 0 Å². The van der Waals surface area contributed by atoms with E-state index in [2.05, 4.69) is 27.5 Å². The Balaban J connectivity index is 2.09. The van der Waals surface area contributed by atoms with E-state index in [4.69, 9.17) is 0 Å². The molecule has 1 unspecified atom stereocenters. The van der Waals surface area contributed by atoms with Gasteiger partial charge >= 0.3 is 0 Å². The zero-order valence-electron chi connectivity index (χ0n) is 10.8. The highest BCUT2D eigenvalue weighted by Crippen LogP contribution is 2.14. The van der Waals surface area contributed by atoms with Crippen LogP contribution >= 0.6 is 0 Å². The van der Waals surface area contributed by atoms with Crippen LogP contribution in [0.1, 0.15) is 25.5 Å². The Bertz CT molecular complexity index is 605. The predicted molar refractivity (Wildman–Crippen MR) is 71.4 cm³/mol. The summed E-state index contributed by atoms with van der Waals surface area (Å²) in [6.45, 7) is 3.55. The molecular formula is C14H14N4O. The lowest BCUT2D eigenvalue weighted by atomic mass is 10.1. The van der Waals surface area contributed by atoms with Gasteiger partial charge in [-0.1, -0.05) is 23.3 Å². The molecule has 1 heterocycles. The Morgan fingerprint density at radius 3 is 2.68 bits per heavy atom. The lowest BCUT2D eigenvalue weighted by molar-refractivity contribution is -0.116. The van der Waals surface area contributed by atoms with Crippen molar-refractivity contribution >= 4 is 5.91 Å². The van der Waals surface area contributed by atoms with Gasteiger partial charge in [-0.2, -0.15) is 0 Å². The van der Waals surface area contributed by atoms with Gasteiger partial charge in [0.1, 0.15) is 0 Å². The highest BCUT2D eigenvalue weighted by molar-refractivity contribution is 5.93. The zero-order chi connectivity index (χ0) is 13.7. The number of nitrogens with zero attached hydrogens (tertiary/aromatic N) is 3. The van der Waals surface area contributed by atoms with Crippen molar-refractivity contribution in [1.29, 1.82) is 0 Å². The number of nitrogens with one attached hydrogen (secondary N) is 1. The summed E-state index contributed by atoms with van der Waals surface area (Å²) in [4.78, 5) is 11.4. The highest BCUT2D eigenvalue weighted by atomic mass is 16.1. The molecule has 2 aromatic rings. The van der Waals surface area contributed by atoms with Crippen molar-refractivity contribution in [3.8, 4) is 17.5 Å². The zero-order valence-corrected chi connectivity index (χ0v) is 10.8. The van der Waals surface area contributed by atoms with Gasteiger partial charge < -0.3 is 5.32 Å². The van der Waals surface area contributed by atoms with Gasteiger partial charge in [0.2, 0.25) is 0 Å². The fourth-order valence-corrected chi connectivity index (χ4v) is 1.69. The van der Waals surface area contributed by atoms with Gasteiger partial charge in [-0.05, 0) is 37.5 Å². The van der Waals surface area contributed by atoms with Crippen LogP contribution in [0, 0.1) is 11.8 Å². The van der Waals surface area contributed by atoms with Crippen LogP contribution in [0.25, 0.3) is 5.69 Å². The van der Waals surface area contributed by atoms with Crippen molar-refractivity contribution in [3.05, 3.63) is 42.2 Å². The molecule has 0 bridgehead atoms. The number of hydrogen-bond acceptors (Lipinski definition) is 3. The maximum absolute atomic E-state index is 11.4. The lowest BCUT2D eigenvalue weighted by Crippen LogP contribution is -2.25. The van der Waals surface area contributed by atoms with E-state index in [9.17, 15) is 4.79 Å². The molecule has 5 heteroatoms. The van der Waals surface area contributed by atoms with Crippen LogP contribution in [0.3, 0.4) is 0 Å². The van der Waals surface area contributed by atoms with Gasteiger partial charge in [0.25, 0.3) is 5.91 Å². The van der Waals surface area contributed by atoms with Crippen LogP contribution in [-0.2, 0) is 4.79 Å². The van der Waals surface area contributed by atoms with Crippen LogP contribution in [0.15, 0.2) is 36.7 Å². The Kier molecular flexibility index (Phi) is 3.94. The number of carbonyl (C=O) groups is 1. The van der Waals surface area contributed by atoms with Crippen molar-refractivity contribution in [1.82, 2.24) is 20.3 Å². The number of hydrogen-bond donors (Lipinski definition) is 1. The van der Waals surface area contributed by atoms with E-state index in [0.717, 1.165) is 11.3 Å². The van der Waals surface area contributed by atoms with E-state index in [1.54, 1.807) is 24.0 Å². The number of amides is 1. The molecule has 0 saturated heterocycles. The SMILES string of the molecule is CC#CC(=O)NC(C)c1ccc(-n2ccnn2)cc1. The van der Waals surface area contributed by atoms with Gasteiger partial charge in [-0.3, -0.25) is 4.79 Å². The normalized spacial score (nSPS) is 11.3. The van der Waals surface area contributed by atoms with Crippen molar-refractivity contribution in [3.63, 3.8) is 0 Å². The van der Waals surface area contributed by atoms with Crippen LogP contribution in [0.2, 0.25) is 0 Å². The second kappa shape index (κ2) is 5.83. The molecule has 19 heavy (non-hydrogen) atoms. The molecule has 0 fully saturated rings. The second-order valence-corrected chi connectivity index (χ2v) is 4.01. The summed E-state index contributed by atoms with van der Waals surface area (Å²) in [5, 5.41) is 10.5. The van der Waals surface area contributed by atoms with Crippen LogP contribution in [0.5, 0.6) is 0 Å². The molecular weight excluding hydrogens is 240 g/mol. The fourth-order valence-electron chi connectivity index (χ4n) is 1.69. The molecule has 1 N–H and O–H groups in total.